The van der Waals surface area contributed by atoms with E-state index in [4.69, 9.17) is 14.5 Å². The highest BCUT2D eigenvalue weighted by atomic mass is 16.5. The second-order valence-electron chi connectivity index (χ2n) is 6.54. The molecule has 3 heteroatoms. The van der Waals surface area contributed by atoms with Crippen LogP contribution in [0.1, 0.15) is 5.56 Å². The summed E-state index contributed by atoms with van der Waals surface area (Å²) in [6, 6.07) is 24.6. The van der Waals surface area contributed by atoms with Crippen LogP contribution in [0.15, 0.2) is 72.8 Å². The molecule has 4 rings (SSSR count). The average molecular weight is 355 g/mol. The Morgan fingerprint density at radius 1 is 0.704 bits per heavy atom. The van der Waals surface area contributed by atoms with Crippen LogP contribution >= 0.6 is 0 Å². The Labute approximate surface area is 159 Å². The van der Waals surface area contributed by atoms with Gasteiger partial charge in [-0.15, -0.1) is 0 Å². The summed E-state index contributed by atoms with van der Waals surface area (Å²) in [7, 11) is 3.37. The van der Waals surface area contributed by atoms with Crippen molar-refractivity contribution in [2.24, 2.45) is 0 Å². The van der Waals surface area contributed by atoms with Crippen molar-refractivity contribution in [1.29, 1.82) is 0 Å². The Morgan fingerprint density at radius 3 is 2.07 bits per heavy atom. The maximum absolute atomic E-state index is 5.43. The molecule has 0 amide bonds. The van der Waals surface area contributed by atoms with Crippen molar-refractivity contribution < 1.29 is 9.47 Å². The molecule has 0 bridgehead atoms. The summed E-state index contributed by atoms with van der Waals surface area (Å²) in [6.07, 6.45) is 0. The summed E-state index contributed by atoms with van der Waals surface area (Å²) in [5, 5.41) is 1.13. The van der Waals surface area contributed by atoms with Gasteiger partial charge in [-0.2, -0.15) is 0 Å². The number of hydrogen-bond donors (Lipinski definition) is 0. The molecule has 4 aromatic rings. The van der Waals surface area contributed by atoms with E-state index < -0.39 is 0 Å². The third kappa shape index (κ3) is 3.36. The number of hydrogen-bond acceptors (Lipinski definition) is 3. The second kappa shape index (κ2) is 7.12. The van der Waals surface area contributed by atoms with E-state index in [1.165, 1.54) is 5.56 Å². The molecule has 0 aliphatic rings. The number of aromatic nitrogens is 1. The smallest absolute Gasteiger partial charge is 0.119 e. The summed E-state index contributed by atoms with van der Waals surface area (Å²) in [6.45, 7) is 2.10. The van der Waals surface area contributed by atoms with Gasteiger partial charge < -0.3 is 9.47 Å². The first-order chi connectivity index (χ1) is 13.2. The first kappa shape index (κ1) is 17.1. The number of fused-ring (bicyclic) bond motifs is 1. The molecule has 134 valence electrons. The fourth-order valence-corrected chi connectivity index (χ4v) is 3.30. The predicted molar refractivity (Wildman–Crippen MR) is 110 cm³/mol. The van der Waals surface area contributed by atoms with Gasteiger partial charge in [0.1, 0.15) is 11.5 Å². The molecule has 0 atom stereocenters. The maximum Gasteiger partial charge on any atom is 0.119 e. The van der Waals surface area contributed by atoms with Crippen LogP contribution in [0.4, 0.5) is 0 Å². The maximum atomic E-state index is 5.43. The largest absolute Gasteiger partial charge is 0.497 e. The van der Waals surface area contributed by atoms with Gasteiger partial charge in [-0.3, -0.25) is 0 Å². The van der Waals surface area contributed by atoms with Gasteiger partial charge in [-0.1, -0.05) is 35.9 Å². The van der Waals surface area contributed by atoms with Gasteiger partial charge in [-0.25, -0.2) is 4.98 Å². The van der Waals surface area contributed by atoms with Crippen molar-refractivity contribution in [3.63, 3.8) is 0 Å². The van der Waals surface area contributed by atoms with E-state index in [0.717, 1.165) is 44.8 Å². The van der Waals surface area contributed by atoms with E-state index in [2.05, 4.69) is 49.4 Å². The van der Waals surface area contributed by atoms with Crippen LogP contribution in [-0.2, 0) is 0 Å². The van der Waals surface area contributed by atoms with Crippen LogP contribution in [-0.4, -0.2) is 19.2 Å². The van der Waals surface area contributed by atoms with Crippen LogP contribution in [0.5, 0.6) is 11.5 Å². The monoisotopic (exact) mass is 355 g/mol. The Morgan fingerprint density at radius 2 is 1.37 bits per heavy atom. The molecule has 0 spiro atoms. The molecule has 0 aliphatic carbocycles. The van der Waals surface area contributed by atoms with Crippen LogP contribution in [0.3, 0.4) is 0 Å². The Kier molecular flexibility index (Phi) is 4.51. The van der Waals surface area contributed by atoms with E-state index in [1.807, 2.05) is 30.3 Å². The van der Waals surface area contributed by atoms with E-state index in [9.17, 15) is 0 Å². The lowest BCUT2D eigenvalue weighted by molar-refractivity contribution is 0.415. The molecule has 0 unspecified atom stereocenters. The average Bonchev–Trinajstić information content (AvgIpc) is 2.73. The van der Waals surface area contributed by atoms with Crippen molar-refractivity contribution in [3.05, 3.63) is 78.4 Å². The molecule has 1 heterocycles. The molecule has 0 N–H and O–H groups in total. The highest BCUT2D eigenvalue weighted by molar-refractivity contribution is 5.97. The summed E-state index contributed by atoms with van der Waals surface area (Å²) >= 11 is 0. The third-order valence-electron chi connectivity index (χ3n) is 4.71. The first-order valence-corrected chi connectivity index (χ1v) is 8.88. The number of benzene rings is 3. The molecule has 27 heavy (non-hydrogen) atoms. The molecular formula is C24H21NO2. The highest BCUT2D eigenvalue weighted by Gasteiger charge is 2.11. The van der Waals surface area contributed by atoms with Gasteiger partial charge in [0, 0.05) is 10.9 Å². The molecule has 0 saturated heterocycles. The van der Waals surface area contributed by atoms with Crippen LogP contribution in [0.25, 0.3) is 33.3 Å². The fraction of sp³-hybridized carbons (Fsp3) is 0.125. The molecule has 0 radical (unpaired) electrons. The van der Waals surface area contributed by atoms with Gasteiger partial charge in [0.25, 0.3) is 0 Å². The van der Waals surface area contributed by atoms with Crippen molar-refractivity contribution in [2.75, 3.05) is 14.2 Å². The third-order valence-corrected chi connectivity index (χ3v) is 4.71. The zero-order chi connectivity index (χ0) is 18.8. The van der Waals surface area contributed by atoms with Gasteiger partial charge in [0.2, 0.25) is 0 Å². The van der Waals surface area contributed by atoms with Crippen molar-refractivity contribution in [2.45, 2.75) is 6.92 Å². The van der Waals surface area contributed by atoms with Gasteiger partial charge in [0.05, 0.1) is 25.4 Å². The number of aryl methyl sites for hydroxylation is 1. The molecular weight excluding hydrogens is 334 g/mol. The van der Waals surface area contributed by atoms with Crippen LogP contribution < -0.4 is 9.47 Å². The van der Waals surface area contributed by atoms with E-state index in [1.54, 1.807) is 14.2 Å². The predicted octanol–water partition coefficient (Wildman–Crippen LogP) is 5.89. The molecule has 3 nitrogen and oxygen atoms in total. The number of methoxy groups -OCH3 is 2. The topological polar surface area (TPSA) is 31.4 Å². The minimum Gasteiger partial charge on any atom is -0.497 e. The molecule has 3 aromatic carbocycles. The Hall–Kier alpha value is -3.33. The first-order valence-electron chi connectivity index (χ1n) is 8.88. The van der Waals surface area contributed by atoms with E-state index in [0.29, 0.717) is 0 Å². The summed E-state index contributed by atoms with van der Waals surface area (Å²) in [5.74, 6) is 1.66. The van der Waals surface area contributed by atoms with Gasteiger partial charge >= 0.3 is 0 Å². The lowest BCUT2D eigenvalue weighted by Crippen LogP contribution is -1.92. The molecule has 0 saturated carbocycles. The standard InChI is InChI=1S/C24H21NO2/c1-16-10-11-23-22(12-16)21(17-6-4-8-19(13-17)26-2)15-24(25-23)18-7-5-9-20(14-18)27-3/h4-15H,1-3H3. The van der Waals surface area contributed by atoms with Crippen molar-refractivity contribution in [3.8, 4) is 33.9 Å². The van der Waals surface area contributed by atoms with Gasteiger partial charge in [-0.05, 0) is 60.5 Å². The quantitative estimate of drug-likeness (QED) is 0.457. The summed E-state index contributed by atoms with van der Waals surface area (Å²) in [4.78, 5) is 4.90. The lowest BCUT2D eigenvalue weighted by Gasteiger charge is -2.12. The molecule has 1 aromatic heterocycles. The normalized spacial score (nSPS) is 10.8. The van der Waals surface area contributed by atoms with Crippen molar-refractivity contribution >= 4 is 10.9 Å². The number of rotatable bonds is 4. The SMILES string of the molecule is COc1cccc(-c2cc(-c3cccc(OC)c3)c3cc(C)ccc3n2)c1. The fourth-order valence-electron chi connectivity index (χ4n) is 3.30. The van der Waals surface area contributed by atoms with Gasteiger partial charge in [0.15, 0.2) is 0 Å². The van der Waals surface area contributed by atoms with Crippen LogP contribution in [0, 0.1) is 6.92 Å². The minimum absolute atomic E-state index is 0.821. The Balaban J connectivity index is 1.98. The number of nitrogens with zero attached hydrogens (tertiary/aromatic N) is 1. The Bertz CT molecular complexity index is 1120. The second-order valence-corrected chi connectivity index (χ2v) is 6.54. The van der Waals surface area contributed by atoms with E-state index in [-0.39, 0.29) is 0 Å². The minimum atomic E-state index is 0.821. The van der Waals surface area contributed by atoms with Crippen molar-refractivity contribution in [1.82, 2.24) is 4.98 Å². The summed E-state index contributed by atoms with van der Waals surface area (Å²) < 4.78 is 10.8. The number of ether oxygens (including phenoxy) is 2. The zero-order valence-corrected chi connectivity index (χ0v) is 15.7. The van der Waals surface area contributed by atoms with Crippen LogP contribution in [0.2, 0.25) is 0 Å². The number of pyridine rings is 1. The highest BCUT2D eigenvalue weighted by Crippen LogP contribution is 2.34. The lowest BCUT2D eigenvalue weighted by atomic mass is 9.97. The summed E-state index contributed by atoms with van der Waals surface area (Å²) in [5.41, 5.74) is 6.38. The zero-order valence-electron chi connectivity index (χ0n) is 15.7. The molecule has 0 aliphatic heterocycles. The van der Waals surface area contributed by atoms with E-state index >= 15 is 0 Å². The molecule has 0 fully saturated rings.